The summed E-state index contributed by atoms with van der Waals surface area (Å²) >= 11 is 5.88. The van der Waals surface area contributed by atoms with E-state index in [-0.39, 0.29) is 5.91 Å². The SMILES string of the molecule is C=CC(=O)Nc1cccc(Nc2cc(Cl)ncc2C)c1. The summed E-state index contributed by atoms with van der Waals surface area (Å²) in [5.74, 6) is -0.245. The van der Waals surface area contributed by atoms with E-state index in [0.717, 1.165) is 16.9 Å². The molecule has 0 unspecified atom stereocenters. The number of anilines is 3. The summed E-state index contributed by atoms with van der Waals surface area (Å²) in [6, 6.07) is 9.14. The van der Waals surface area contributed by atoms with Crippen molar-refractivity contribution in [2.24, 2.45) is 0 Å². The third-order valence-electron chi connectivity index (χ3n) is 2.66. The van der Waals surface area contributed by atoms with Gasteiger partial charge in [0.05, 0.1) is 0 Å². The summed E-state index contributed by atoms with van der Waals surface area (Å²) in [5, 5.41) is 6.38. The maximum Gasteiger partial charge on any atom is 0.247 e. The fourth-order valence-corrected chi connectivity index (χ4v) is 1.81. The van der Waals surface area contributed by atoms with E-state index in [1.54, 1.807) is 18.3 Å². The number of hydrogen-bond acceptors (Lipinski definition) is 3. The summed E-state index contributed by atoms with van der Waals surface area (Å²) in [5.41, 5.74) is 3.39. The molecule has 2 aromatic rings. The molecule has 2 rings (SSSR count). The Bertz CT molecular complexity index is 655. The van der Waals surface area contributed by atoms with Crippen molar-refractivity contribution < 1.29 is 4.79 Å². The maximum atomic E-state index is 11.3. The molecule has 1 aromatic heterocycles. The van der Waals surface area contributed by atoms with Crippen LogP contribution in [-0.4, -0.2) is 10.9 Å². The van der Waals surface area contributed by atoms with Crippen molar-refractivity contribution in [3.63, 3.8) is 0 Å². The molecular formula is C15H14ClN3O. The number of carbonyl (C=O) groups is 1. The van der Waals surface area contributed by atoms with E-state index in [0.29, 0.717) is 10.8 Å². The topological polar surface area (TPSA) is 54.0 Å². The number of nitrogens with zero attached hydrogens (tertiary/aromatic N) is 1. The second kappa shape index (κ2) is 6.21. The van der Waals surface area contributed by atoms with Gasteiger partial charge in [-0.1, -0.05) is 24.2 Å². The fourth-order valence-electron chi connectivity index (χ4n) is 1.66. The van der Waals surface area contributed by atoms with E-state index in [2.05, 4.69) is 22.2 Å². The zero-order valence-electron chi connectivity index (χ0n) is 11.0. The standard InChI is InChI=1S/C15H14ClN3O/c1-3-15(20)19-12-6-4-5-11(7-12)18-13-8-14(16)17-9-10(13)2/h3-9H,1H2,2H3,(H,17,18)(H,19,20). The van der Waals surface area contributed by atoms with Crippen LogP contribution in [-0.2, 0) is 4.79 Å². The van der Waals surface area contributed by atoms with Gasteiger partial charge in [0, 0.05) is 23.3 Å². The van der Waals surface area contributed by atoms with Gasteiger partial charge in [0.1, 0.15) is 5.15 Å². The van der Waals surface area contributed by atoms with Crippen LogP contribution >= 0.6 is 11.6 Å². The molecule has 0 aliphatic heterocycles. The molecule has 0 bridgehead atoms. The average Bonchev–Trinajstić information content (AvgIpc) is 2.43. The number of pyridine rings is 1. The lowest BCUT2D eigenvalue weighted by molar-refractivity contribution is -0.111. The van der Waals surface area contributed by atoms with E-state index in [1.165, 1.54) is 6.08 Å². The smallest absolute Gasteiger partial charge is 0.247 e. The first-order valence-electron chi connectivity index (χ1n) is 6.01. The van der Waals surface area contributed by atoms with Crippen molar-refractivity contribution in [3.8, 4) is 0 Å². The third kappa shape index (κ3) is 3.59. The van der Waals surface area contributed by atoms with Gasteiger partial charge >= 0.3 is 0 Å². The van der Waals surface area contributed by atoms with Crippen LogP contribution in [0.5, 0.6) is 0 Å². The van der Waals surface area contributed by atoms with Crippen molar-refractivity contribution >= 4 is 34.6 Å². The van der Waals surface area contributed by atoms with Gasteiger partial charge < -0.3 is 10.6 Å². The van der Waals surface area contributed by atoms with E-state index in [9.17, 15) is 4.79 Å². The molecule has 0 radical (unpaired) electrons. The van der Waals surface area contributed by atoms with Crippen molar-refractivity contribution in [1.29, 1.82) is 0 Å². The van der Waals surface area contributed by atoms with Crippen molar-refractivity contribution in [3.05, 3.63) is 59.9 Å². The lowest BCUT2D eigenvalue weighted by Crippen LogP contribution is -2.07. The monoisotopic (exact) mass is 287 g/mol. The zero-order valence-corrected chi connectivity index (χ0v) is 11.7. The highest BCUT2D eigenvalue weighted by atomic mass is 35.5. The molecule has 0 aliphatic carbocycles. The second-order valence-corrected chi connectivity index (χ2v) is 4.61. The third-order valence-corrected chi connectivity index (χ3v) is 2.87. The van der Waals surface area contributed by atoms with Gasteiger partial charge in [-0.05, 0) is 42.8 Å². The van der Waals surface area contributed by atoms with E-state index < -0.39 is 0 Å². The van der Waals surface area contributed by atoms with Crippen molar-refractivity contribution in [2.45, 2.75) is 6.92 Å². The Hall–Kier alpha value is -2.33. The minimum absolute atomic E-state index is 0.245. The van der Waals surface area contributed by atoms with Crippen LogP contribution in [0.2, 0.25) is 5.15 Å². The molecule has 0 spiro atoms. The number of benzene rings is 1. The first kappa shape index (κ1) is 14.1. The number of hydrogen-bond donors (Lipinski definition) is 2. The zero-order chi connectivity index (χ0) is 14.5. The average molecular weight is 288 g/mol. The molecular weight excluding hydrogens is 274 g/mol. The predicted molar refractivity (Wildman–Crippen MR) is 82.5 cm³/mol. The van der Waals surface area contributed by atoms with Gasteiger partial charge in [-0.25, -0.2) is 4.98 Å². The van der Waals surface area contributed by atoms with Crippen LogP contribution in [0.25, 0.3) is 0 Å². The van der Waals surface area contributed by atoms with Gasteiger partial charge in [0.15, 0.2) is 0 Å². The minimum Gasteiger partial charge on any atom is -0.355 e. The van der Waals surface area contributed by atoms with Gasteiger partial charge in [-0.3, -0.25) is 4.79 Å². The molecule has 0 saturated heterocycles. The molecule has 0 aliphatic rings. The molecule has 1 aromatic carbocycles. The Balaban J connectivity index is 2.21. The van der Waals surface area contributed by atoms with Crippen LogP contribution < -0.4 is 10.6 Å². The van der Waals surface area contributed by atoms with Crippen molar-refractivity contribution in [1.82, 2.24) is 4.98 Å². The maximum absolute atomic E-state index is 11.3. The molecule has 5 heteroatoms. The van der Waals surface area contributed by atoms with E-state index in [4.69, 9.17) is 11.6 Å². The summed E-state index contributed by atoms with van der Waals surface area (Å²) in [4.78, 5) is 15.3. The highest BCUT2D eigenvalue weighted by Crippen LogP contribution is 2.24. The Morgan fingerprint density at radius 2 is 2.10 bits per heavy atom. The lowest BCUT2D eigenvalue weighted by Gasteiger charge is -2.11. The lowest BCUT2D eigenvalue weighted by atomic mass is 10.2. The largest absolute Gasteiger partial charge is 0.355 e. The molecule has 102 valence electrons. The van der Waals surface area contributed by atoms with Crippen LogP contribution in [0, 0.1) is 6.92 Å². The Labute approximate surface area is 122 Å². The van der Waals surface area contributed by atoms with Crippen LogP contribution in [0.15, 0.2) is 49.2 Å². The number of halogens is 1. The number of aryl methyl sites for hydroxylation is 1. The fraction of sp³-hybridized carbons (Fsp3) is 0.0667. The number of rotatable bonds is 4. The molecule has 4 nitrogen and oxygen atoms in total. The number of amides is 1. The van der Waals surface area contributed by atoms with E-state index >= 15 is 0 Å². The van der Waals surface area contributed by atoms with Gasteiger partial charge in [0.2, 0.25) is 5.91 Å². The van der Waals surface area contributed by atoms with Gasteiger partial charge in [0.25, 0.3) is 0 Å². The summed E-state index contributed by atoms with van der Waals surface area (Å²) in [6.07, 6.45) is 2.93. The number of aromatic nitrogens is 1. The number of carbonyl (C=O) groups excluding carboxylic acids is 1. The Morgan fingerprint density at radius 1 is 1.35 bits per heavy atom. The van der Waals surface area contributed by atoms with E-state index in [1.807, 2.05) is 25.1 Å². The van der Waals surface area contributed by atoms with Crippen LogP contribution in [0.4, 0.5) is 17.1 Å². The molecule has 1 heterocycles. The molecule has 2 N–H and O–H groups in total. The summed E-state index contributed by atoms with van der Waals surface area (Å²) in [6.45, 7) is 5.36. The minimum atomic E-state index is -0.245. The Morgan fingerprint density at radius 3 is 2.85 bits per heavy atom. The highest BCUT2D eigenvalue weighted by molar-refractivity contribution is 6.29. The van der Waals surface area contributed by atoms with Crippen LogP contribution in [0.3, 0.4) is 0 Å². The first-order valence-corrected chi connectivity index (χ1v) is 6.39. The molecule has 1 amide bonds. The number of nitrogens with one attached hydrogen (secondary N) is 2. The van der Waals surface area contributed by atoms with Crippen LogP contribution in [0.1, 0.15) is 5.56 Å². The summed E-state index contributed by atoms with van der Waals surface area (Å²) in [7, 11) is 0. The Kier molecular flexibility index (Phi) is 4.38. The summed E-state index contributed by atoms with van der Waals surface area (Å²) < 4.78 is 0. The molecule has 0 fully saturated rings. The van der Waals surface area contributed by atoms with Crippen molar-refractivity contribution in [2.75, 3.05) is 10.6 Å². The molecule has 0 saturated carbocycles. The predicted octanol–water partition coefficient (Wildman–Crippen LogP) is 3.91. The van der Waals surface area contributed by atoms with Gasteiger partial charge in [-0.2, -0.15) is 0 Å². The second-order valence-electron chi connectivity index (χ2n) is 4.22. The van der Waals surface area contributed by atoms with Gasteiger partial charge in [-0.15, -0.1) is 0 Å². The molecule has 20 heavy (non-hydrogen) atoms. The first-order chi connectivity index (χ1) is 9.58. The highest BCUT2D eigenvalue weighted by Gasteiger charge is 2.03. The molecule has 0 atom stereocenters. The quantitative estimate of drug-likeness (QED) is 0.662. The normalized spacial score (nSPS) is 9.90.